The molecule has 0 radical (unpaired) electrons. The van der Waals surface area contributed by atoms with Crippen LogP contribution in [-0.4, -0.2) is 18.1 Å². The summed E-state index contributed by atoms with van der Waals surface area (Å²) in [6.45, 7) is 0. The van der Waals surface area contributed by atoms with Gasteiger partial charge in [0.25, 0.3) is 0 Å². The minimum atomic E-state index is -0.559. The fraction of sp³-hybridized carbons (Fsp3) is 0.111. The fourth-order valence-corrected chi connectivity index (χ4v) is 1.54. The van der Waals surface area contributed by atoms with Crippen LogP contribution in [0.5, 0.6) is 0 Å². The zero-order valence-corrected chi connectivity index (χ0v) is 9.44. The number of halogens is 1. The van der Waals surface area contributed by atoms with E-state index in [1.54, 1.807) is 6.07 Å². The maximum absolute atomic E-state index is 11.1. The van der Waals surface area contributed by atoms with Gasteiger partial charge in [-0.2, -0.15) is 0 Å². The Balaban J connectivity index is 2.56. The van der Waals surface area contributed by atoms with Crippen LogP contribution < -0.4 is 0 Å². The number of hydrogen-bond donors (Lipinski definition) is 0. The molecule has 2 rings (SSSR count). The smallest absolute Gasteiger partial charge is 0.394 e. The van der Waals surface area contributed by atoms with E-state index in [0.717, 1.165) is 3.57 Å². The minimum absolute atomic E-state index is 0.00972. The van der Waals surface area contributed by atoms with Crippen molar-refractivity contribution in [2.45, 2.75) is 0 Å². The minimum Gasteiger partial charge on any atom is -0.462 e. The lowest BCUT2D eigenvalue weighted by Crippen LogP contribution is -2.00. The maximum atomic E-state index is 11.1. The van der Waals surface area contributed by atoms with Gasteiger partial charge in [0.05, 0.1) is 7.11 Å². The molecule has 0 aliphatic heterocycles. The highest BCUT2D eigenvalue weighted by molar-refractivity contribution is 14.1. The highest BCUT2D eigenvalue weighted by Gasteiger charge is 2.14. The van der Waals surface area contributed by atoms with Crippen molar-refractivity contribution >= 4 is 39.7 Å². The Kier molecular flexibility index (Phi) is 2.40. The number of nitrogens with zero attached hydrogens (tertiary/aromatic N) is 1. The Labute approximate surface area is 93.4 Å². The zero-order chi connectivity index (χ0) is 10.1. The van der Waals surface area contributed by atoms with Gasteiger partial charge in [0, 0.05) is 3.57 Å². The molecule has 14 heavy (non-hydrogen) atoms. The van der Waals surface area contributed by atoms with Crippen LogP contribution in [0.15, 0.2) is 22.6 Å². The van der Waals surface area contributed by atoms with E-state index in [4.69, 9.17) is 4.42 Å². The number of rotatable bonds is 1. The van der Waals surface area contributed by atoms with Crippen LogP contribution in [0.4, 0.5) is 0 Å². The number of oxazole rings is 1. The predicted molar refractivity (Wildman–Crippen MR) is 58.1 cm³/mol. The molecule has 0 amide bonds. The van der Waals surface area contributed by atoms with E-state index >= 15 is 0 Å². The van der Waals surface area contributed by atoms with Crippen molar-refractivity contribution in [2.75, 3.05) is 7.11 Å². The number of carbonyl (C=O) groups excluding carboxylic acids is 1. The van der Waals surface area contributed by atoms with Crippen LogP contribution in [0.3, 0.4) is 0 Å². The summed E-state index contributed by atoms with van der Waals surface area (Å²) in [7, 11) is 1.29. The molecule has 0 aliphatic rings. The van der Waals surface area contributed by atoms with E-state index in [-0.39, 0.29) is 5.89 Å². The predicted octanol–water partition coefficient (Wildman–Crippen LogP) is 2.22. The number of ether oxygens (including phenoxy) is 1. The lowest BCUT2D eigenvalue weighted by molar-refractivity contribution is 0.0559. The van der Waals surface area contributed by atoms with Gasteiger partial charge in [-0.05, 0) is 40.8 Å². The molecule has 0 atom stereocenters. The molecular weight excluding hydrogens is 297 g/mol. The first-order valence-corrected chi connectivity index (χ1v) is 4.93. The van der Waals surface area contributed by atoms with Crippen molar-refractivity contribution in [1.82, 2.24) is 4.98 Å². The second kappa shape index (κ2) is 3.56. The normalized spacial score (nSPS) is 10.4. The molecule has 0 aliphatic carbocycles. The van der Waals surface area contributed by atoms with Crippen molar-refractivity contribution in [3.05, 3.63) is 27.7 Å². The second-order valence-corrected chi connectivity index (χ2v) is 3.87. The monoisotopic (exact) mass is 303 g/mol. The molecule has 0 saturated heterocycles. The van der Waals surface area contributed by atoms with Crippen molar-refractivity contribution in [3.8, 4) is 0 Å². The summed E-state index contributed by atoms with van der Waals surface area (Å²) < 4.78 is 10.7. The van der Waals surface area contributed by atoms with Gasteiger partial charge in [-0.25, -0.2) is 9.78 Å². The summed E-state index contributed by atoms with van der Waals surface area (Å²) in [5.41, 5.74) is 1.25. The molecule has 0 N–H and O–H groups in total. The first-order chi connectivity index (χ1) is 6.70. The molecule has 0 fully saturated rings. The Morgan fingerprint density at radius 1 is 1.57 bits per heavy atom. The quantitative estimate of drug-likeness (QED) is 0.599. The molecule has 0 bridgehead atoms. The molecule has 0 saturated carbocycles. The molecular formula is C9H6INO3. The van der Waals surface area contributed by atoms with Crippen molar-refractivity contribution in [2.24, 2.45) is 0 Å². The van der Waals surface area contributed by atoms with Gasteiger partial charge < -0.3 is 9.15 Å². The molecule has 0 unspecified atom stereocenters. The first-order valence-electron chi connectivity index (χ1n) is 3.85. The van der Waals surface area contributed by atoms with Crippen LogP contribution in [0.25, 0.3) is 11.1 Å². The number of methoxy groups -OCH3 is 1. The molecule has 1 aromatic carbocycles. The number of fused-ring (bicyclic) bond motifs is 1. The fourth-order valence-electron chi connectivity index (χ4n) is 1.07. The average Bonchev–Trinajstić information content (AvgIpc) is 2.59. The highest BCUT2D eigenvalue weighted by atomic mass is 127. The first kappa shape index (κ1) is 9.45. The molecule has 2 aromatic rings. The number of aromatic nitrogens is 1. The summed E-state index contributed by atoms with van der Waals surface area (Å²) in [4.78, 5) is 15.1. The van der Waals surface area contributed by atoms with E-state index in [2.05, 4.69) is 32.3 Å². The molecule has 5 heteroatoms. The third kappa shape index (κ3) is 1.59. The van der Waals surface area contributed by atoms with Crippen LogP contribution in [0.2, 0.25) is 0 Å². The van der Waals surface area contributed by atoms with Crippen molar-refractivity contribution in [3.63, 3.8) is 0 Å². The summed E-state index contributed by atoms with van der Waals surface area (Å²) >= 11 is 2.16. The standard InChI is InChI=1S/C9H6INO3/c1-13-9(12)8-11-6-3-2-5(10)4-7(6)14-8/h2-4H,1H3. The van der Waals surface area contributed by atoms with Crippen LogP contribution >= 0.6 is 22.6 Å². The summed E-state index contributed by atoms with van der Waals surface area (Å²) in [5.74, 6) is -0.569. The second-order valence-electron chi connectivity index (χ2n) is 2.62. The van der Waals surface area contributed by atoms with Gasteiger partial charge in [0.1, 0.15) is 5.52 Å². The zero-order valence-electron chi connectivity index (χ0n) is 7.28. The third-order valence-corrected chi connectivity index (χ3v) is 2.38. The van der Waals surface area contributed by atoms with Crippen LogP contribution in [-0.2, 0) is 4.74 Å². The van der Waals surface area contributed by atoms with Crippen LogP contribution in [0.1, 0.15) is 10.7 Å². The number of carbonyl (C=O) groups is 1. The topological polar surface area (TPSA) is 52.3 Å². The van der Waals surface area contributed by atoms with E-state index in [9.17, 15) is 4.79 Å². The molecule has 0 spiro atoms. The Bertz CT molecular complexity index is 492. The van der Waals surface area contributed by atoms with Crippen molar-refractivity contribution < 1.29 is 13.9 Å². The Morgan fingerprint density at radius 2 is 2.36 bits per heavy atom. The van der Waals surface area contributed by atoms with Crippen molar-refractivity contribution in [1.29, 1.82) is 0 Å². The van der Waals surface area contributed by atoms with Gasteiger partial charge in [0.15, 0.2) is 5.58 Å². The van der Waals surface area contributed by atoms with Gasteiger partial charge in [-0.3, -0.25) is 0 Å². The van der Waals surface area contributed by atoms with Crippen LogP contribution in [0, 0.1) is 3.57 Å². The molecule has 4 nitrogen and oxygen atoms in total. The molecule has 1 aromatic heterocycles. The maximum Gasteiger partial charge on any atom is 0.394 e. The molecule has 1 heterocycles. The highest BCUT2D eigenvalue weighted by Crippen LogP contribution is 2.18. The SMILES string of the molecule is COC(=O)c1nc2ccc(I)cc2o1. The Morgan fingerprint density at radius 3 is 3.07 bits per heavy atom. The third-order valence-electron chi connectivity index (χ3n) is 1.71. The van der Waals surface area contributed by atoms with Gasteiger partial charge in [-0.1, -0.05) is 0 Å². The average molecular weight is 303 g/mol. The number of esters is 1. The Hall–Kier alpha value is -1.11. The van der Waals surface area contributed by atoms with Gasteiger partial charge in [0.2, 0.25) is 0 Å². The lowest BCUT2D eigenvalue weighted by Gasteiger charge is -1.89. The summed E-state index contributed by atoms with van der Waals surface area (Å²) in [6.07, 6.45) is 0. The van der Waals surface area contributed by atoms with E-state index in [1.807, 2.05) is 12.1 Å². The van der Waals surface area contributed by atoms with E-state index in [0.29, 0.717) is 11.1 Å². The van der Waals surface area contributed by atoms with Gasteiger partial charge >= 0.3 is 11.9 Å². The summed E-state index contributed by atoms with van der Waals surface area (Å²) in [6, 6.07) is 5.51. The number of hydrogen-bond acceptors (Lipinski definition) is 4. The van der Waals surface area contributed by atoms with E-state index in [1.165, 1.54) is 7.11 Å². The lowest BCUT2D eigenvalue weighted by atomic mass is 10.3. The number of benzene rings is 1. The largest absolute Gasteiger partial charge is 0.462 e. The summed E-state index contributed by atoms with van der Waals surface area (Å²) in [5, 5.41) is 0. The van der Waals surface area contributed by atoms with E-state index < -0.39 is 5.97 Å². The molecule has 72 valence electrons. The van der Waals surface area contributed by atoms with Gasteiger partial charge in [-0.15, -0.1) is 0 Å².